The van der Waals surface area contributed by atoms with E-state index < -0.39 is 70.6 Å². The minimum atomic E-state index is -2.06. The lowest BCUT2D eigenvalue weighted by atomic mass is 9.44. The molecule has 4 aliphatic carbocycles. The van der Waals surface area contributed by atoms with E-state index >= 15 is 4.39 Å². The summed E-state index contributed by atoms with van der Waals surface area (Å²) >= 11 is 0. The summed E-state index contributed by atoms with van der Waals surface area (Å²) in [5, 5.41) is 21.3. The average Bonchev–Trinajstić information content (AvgIpc) is 2.96. The highest BCUT2D eigenvalue weighted by atomic mass is 19.1. The van der Waals surface area contributed by atoms with E-state index in [1.807, 2.05) is 0 Å². The van der Waals surface area contributed by atoms with E-state index in [4.69, 9.17) is 9.47 Å². The molecule has 0 aliphatic heterocycles. The van der Waals surface area contributed by atoms with Gasteiger partial charge in [-0.25, -0.2) is 9.18 Å². The van der Waals surface area contributed by atoms with Gasteiger partial charge in [0.1, 0.15) is 6.61 Å². The van der Waals surface area contributed by atoms with Gasteiger partial charge in [-0.2, -0.15) is 0 Å². The quantitative estimate of drug-likeness (QED) is 0.596. The number of ether oxygens (including phenoxy) is 2. The van der Waals surface area contributed by atoms with Crippen molar-refractivity contribution in [2.24, 2.45) is 28.6 Å². The summed E-state index contributed by atoms with van der Waals surface area (Å²) in [6, 6.07) is 0. The van der Waals surface area contributed by atoms with E-state index in [1.165, 1.54) is 12.2 Å². The molecule has 0 aromatic heterocycles. The van der Waals surface area contributed by atoms with E-state index in [0.29, 0.717) is 24.8 Å². The van der Waals surface area contributed by atoms with Crippen molar-refractivity contribution in [2.75, 3.05) is 6.61 Å². The summed E-state index contributed by atoms with van der Waals surface area (Å²) < 4.78 is 28.2. The molecular weight excluding hydrogens is 443 g/mol. The number of allylic oxidation sites excluding steroid dienone is 4. The van der Waals surface area contributed by atoms with Crippen molar-refractivity contribution in [3.8, 4) is 0 Å². The van der Waals surface area contributed by atoms with E-state index in [2.05, 4.69) is 0 Å². The maximum absolute atomic E-state index is 17.2. The Morgan fingerprint density at radius 1 is 1.26 bits per heavy atom. The van der Waals surface area contributed by atoms with Crippen molar-refractivity contribution in [2.45, 2.75) is 83.8 Å². The Morgan fingerprint density at radius 2 is 1.94 bits per heavy atom. The predicted molar refractivity (Wildman–Crippen MR) is 120 cm³/mol. The monoisotopic (exact) mass is 478 g/mol. The number of aliphatic hydroxyl groups excluding tert-OH is 2. The third-order valence-corrected chi connectivity index (χ3v) is 9.32. The SMILES string of the molecule is CC(C)OC(=O)O[C@]1(C(=O)CO)[C@H](C)C[C@H]2[C@@H]3CCC4=CC(=O)C=C[C@]4(C)[C@@]3(F)[C@@H](O)C[C@@]21C. The fraction of sp³-hybridized carbons (Fsp3) is 0.731. The lowest BCUT2D eigenvalue weighted by Gasteiger charge is -2.62. The van der Waals surface area contributed by atoms with Crippen LogP contribution in [0.2, 0.25) is 0 Å². The van der Waals surface area contributed by atoms with Gasteiger partial charge < -0.3 is 19.7 Å². The number of ketones is 2. The van der Waals surface area contributed by atoms with Gasteiger partial charge in [-0.05, 0) is 64.5 Å². The molecule has 0 saturated heterocycles. The van der Waals surface area contributed by atoms with Crippen molar-refractivity contribution in [3.05, 3.63) is 23.8 Å². The van der Waals surface area contributed by atoms with Crippen LogP contribution < -0.4 is 0 Å². The van der Waals surface area contributed by atoms with E-state index in [-0.39, 0.29) is 12.2 Å². The summed E-state index contributed by atoms with van der Waals surface area (Å²) in [4.78, 5) is 37.9. The van der Waals surface area contributed by atoms with Crippen molar-refractivity contribution in [1.82, 2.24) is 0 Å². The second-order valence-electron chi connectivity index (χ2n) is 11.2. The van der Waals surface area contributed by atoms with Crippen LogP contribution in [0.5, 0.6) is 0 Å². The van der Waals surface area contributed by atoms with Crippen LogP contribution in [0.15, 0.2) is 23.8 Å². The van der Waals surface area contributed by atoms with Gasteiger partial charge in [0.05, 0.1) is 12.2 Å². The molecule has 7 nitrogen and oxygen atoms in total. The molecule has 2 N–H and O–H groups in total. The molecule has 0 heterocycles. The zero-order valence-corrected chi connectivity index (χ0v) is 20.5. The highest BCUT2D eigenvalue weighted by molar-refractivity contribution is 6.01. The molecule has 4 rings (SSSR count). The van der Waals surface area contributed by atoms with Crippen LogP contribution in [0.3, 0.4) is 0 Å². The normalized spacial score (nSPS) is 45.2. The molecule has 8 atom stereocenters. The first-order chi connectivity index (χ1) is 15.8. The maximum Gasteiger partial charge on any atom is 0.509 e. The standard InChI is InChI=1S/C26H35FO7/c1-14(2)33-22(32)34-26(21(31)13-28)15(3)10-19-18-7-6-16-11-17(29)8-9-23(16,4)25(18,27)20(30)12-24(19,26)5/h8-9,11,14-15,18-20,28,30H,6-7,10,12-13H2,1-5H3/t15-,18+,19+,20+,23+,24+,25+,26+/m1/s1. The molecule has 0 unspecified atom stereocenters. The number of fused-ring (bicyclic) bond motifs is 5. The second-order valence-corrected chi connectivity index (χ2v) is 11.2. The Bertz CT molecular complexity index is 972. The van der Waals surface area contributed by atoms with Crippen LogP contribution in [0.4, 0.5) is 9.18 Å². The fourth-order valence-electron chi connectivity index (χ4n) is 7.86. The van der Waals surface area contributed by atoms with Crippen molar-refractivity contribution in [1.29, 1.82) is 0 Å². The van der Waals surface area contributed by atoms with Gasteiger partial charge in [-0.1, -0.05) is 25.5 Å². The van der Waals surface area contributed by atoms with Crippen LogP contribution in [-0.2, 0) is 19.1 Å². The number of rotatable bonds is 4. The van der Waals surface area contributed by atoms with E-state index in [0.717, 1.165) is 0 Å². The summed E-state index contributed by atoms with van der Waals surface area (Å²) in [6.45, 7) is 7.71. The molecule has 4 aliphatic rings. The van der Waals surface area contributed by atoms with Gasteiger partial charge in [-0.15, -0.1) is 0 Å². The van der Waals surface area contributed by atoms with Gasteiger partial charge >= 0.3 is 6.16 Å². The highest BCUT2D eigenvalue weighted by Crippen LogP contribution is 2.71. The molecule has 0 aromatic rings. The van der Waals surface area contributed by atoms with Crippen molar-refractivity contribution in [3.63, 3.8) is 0 Å². The summed E-state index contributed by atoms with van der Waals surface area (Å²) in [5.74, 6) is -2.42. The number of halogens is 1. The molecule has 0 amide bonds. The second kappa shape index (κ2) is 7.98. The molecule has 0 radical (unpaired) electrons. The summed E-state index contributed by atoms with van der Waals surface area (Å²) in [7, 11) is 0. The average molecular weight is 479 g/mol. The third-order valence-electron chi connectivity index (χ3n) is 9.32. The number of aliphatic hydroxyl groups is 2. The predicted octanol–water partition coefficient (Wildman–Crippen LogP) is 3.47. The Morgan fingerprint density at radius 3 is 2.56 bits per heavy atom. The Kier molecular flexibility index (Phi) is 5.88. The first kappa shape index (κ1) is 25.0. The number of Topliss-reactive ketones (excluding diaryl/α,β-unsaturated/α-hetero) is 1. The van der Waals surface area contributed by atoms with Gasteiger partial charge in [0.25, 0.3) is 0 Å². The van der Waals surface area contributed by atoms with Gasteiger partial charge in [0, 0.05) is 22.7 Å². The number of hydrogen-bond acceptors (Lipinski definition) is 7. The molecule has 3 saturated carbocycles. The smallest absolute Gasteiger partial charge is 0.432 e. The first-order valence-electron chi connectivity index (χ1n) is 12.1. The molecule has 188 valence electrons. The largest absolute Gasteiger partial charge is 0.509 e. The summed E-state index contributed by atoms with van der Waals surface area (Å²) in [5.41, 5.74) is -5.42. The minimum Gasteiger partial charge on any atom is -0.432 e. The molecule has 34 heavy (non-hydrogen) atoms. The van der Waals surface area contributed by atoms with Crippen LogP contribution in [-0.4, -0.2) is 58.0 Å². The lowest BCUT2D eigenvalue weighted by molar-refractivity contribution is -0.222. The van der Waals surface area contributed by atoms with E-state index in [1.54, 1.807) is 40.7 Å². The van der Waals surface area contributed by atoms with Crippen LogP contribution in [0, 0.1) is 28.6 Å². The molecule has 3 fully saturated rings. The number of hydrogen-bond donors (Lipinski definition) is 2. The van der Waals surface area contributed by atoms with Gasteiger partial charge in [-0.3, -0.25) is 9.59 Å². The molecular formula is C26H35FO7. The van der Waals surface area contributed by atoms with Crippen molar-refractivity contribution >= 4 is 17.7 Å². The highest BCUT2D eigenvalue weighted by Gasteiger charge is 2.77. The maximum atomic E-state index is 17.2. The fourth-order valence-corrected chi connectivity index (χ4v) is 7.86. The molecule has 0 aromatic carbocycles. The number of alkyl halides is 1. The number of carbonyl (C=O) groups excluding carboxylic acids is 3. The Labute approximate surface area is 199 Å². The Balaban J connectivity index is 1.81. The van der Waals surface area contributed by atoms with Gasteiger partial charge in [0.2, 0.25) is 5.78 Å². The molecule has 0 spiro atoms. The molecule has 8 heteroatoms. The topological polar surface area (TPSA) is 110 Å². The molecule has 0 bridgehead atoms. The third kappa shape index (κ3) is 3.03. The zero-order valence-electron chi connectivity index (χ0n) is 20.5. The summed E-state index contributed by atoms with van der Waals surface area (Å²) in [6.07, 6.45) is 2.56. The van der Waals surface area contributed by atoms with Crippen LogP contribution >= 0.6 is 0 Å². The lowest BCUT2D eigenvalue weighted by Crippen LogP contribution is -2.70. The first-order valence-corrected chi connectivity index (χ1v) is 12.1. The van der Waals surface area contributed by atoms with Gasteiger partial charge in [0.15, 0.2) is 17.1 Å². The minimum absolute atomic E-state index is 0.139. The van der Waals surface area contributed by atoms with E-state index in [9.17, 15) is 24.6 Å². The van der Waals surface area contributed by atoms with Crippen LogP contribution in [0.1, 0.15) is 60.3 Å². The van der Waals surface area contributed by atoms with Crippen LogP contribution in [0.25, 0.3) is 0 Å². The number of carbonyl (C=O) groups is 3. The zero-order chi connectivity index (χ0) is 25.3. The Hall–Kier alpha value is -2.06. The van der Waals surface area contributed by atoms with Crippen molar-refractivity contribution < 1.29 is 38.5 Å².